The van der Waals surface area contributed by atoms with Crippen molar-refractivity contribution in [3.05, 3.63) is 58.7 Å². The van der Waals surface area contributed by atoms with E-state index in [4.69, 9.17) is 20.4 Å². The van der Waals surface area contributed by atoms with Gasteiger partial charge in [0.2, 0.25) is 0 Å². The number of hydrogen-bond donors (Lipinski definition) is 5. The number of phenolic OH excluding ortho intramolecular Hbond substituents is 4. The van der Waals surface area contributed by atoms with E-state index in [-0.39, 0.29) is 11.0 Å². The SMILES string of the molecule is CC12CCC3C(=CCc4cc(O)ccc43)C1CCC2=O.O=C(O)c1cc(O)c(O)c(O)c1. The van der Waals surface area contributed by atoms with E-state index in [2.05, 4.69) is 19.1 Å². The summed E-state index contributed by atoms with van der Waals surface area (Å²) >= 11 is 0. The second kappa shape index (κ2) is 7.89. The number of allylic oxidation sites excluding steroid dienone is 2. The third-order valence-electron chi connectivity index (χ3n) is 7.20. The molecular weight excluding hydrogens is 412 g/mol. The minimum atomic E-state index is -1.29. The van der Waals surface area contributed by atoms with E-state index in [0.29, 0.717) is 23.4 Å². The Morgan fingerprint density at radius 2 is 1.72 bits per heavy atom. The van der Waals surface area contributed by atoms with Gasteiger partial charge in [-0.05, 0) is 67.0 Å². The first-order chi connectivity index (χ1) is 15.1. The molecule has 5 rings (SSSR count). The maximum absolute atomic E-state index is 12.2. The van der Waals surface area contributed by atoms with E-state index < -0.39 is 23.2 Å². The van der Waals surface area contributed by atoms with Crippen molar-refractivity contribution in [3.63, 3.8) is 0 Å². The normalized spacial score (nSPS) is 25.5. The maximum Gasteiger partial charge on any atom is 0.335 e. The van der Waals surface area contributed by atoms with E-state index in [1.807, 2.05) is 6.07 Å². The molecular formula is C25H26O7. The molecule has 2 aromatic rings. The van der Waals surface area contributed by atoms with Gasteiger partial charge in [0, 0.05) is 17.8 Å². The number of ketones is 1. The van der Waals surface area contributed by atoms with Crippen LogP contribution in [-0.2, 0) is 11.2 Å². The number of carboxylic acids is 1. The van der Waals surface area contributed by atoms with Crippen LogP contribution >= 0.6 is 0 Å². The standard InChI is InChI=1S/C18H20O2.C7H6O5/c1-18-9-8-14-13-5-3-12(19)10-11(13)2-4-15(14)16(18)6-7-17(18)20;8-4-1-3(7(11)12)2-5(9)6(4)10/h3-5,10,14,16,19H,2,6-9H2,1H3;1-2,8-10H,(H,11,12). The monoisotopic (exact) mass is 438 g/mol. The van der Waals surface area contributed by atoms with Gasteiger partial charge in [0.05, 0.1) is 5.56 Å². The van der Waals surface area contributed by atoms with Gasteiger partial charge in [-0.1, -0.05) is 24.6 Å². The summed E-state index contributed by atoms with van der Waals surface area (Å²) in [4.78, 5) is 22.5. The van der Waals surface area contributed by atoms with Crippen molar-refractivity contribution >= 4 is 11.8 Å². The van der Waals surface area contributed by atoms with Gasteiger partial charge in [0.1, 0.15) is 11.5 Å². The predicted octanol–water partition coefficient (Wildman–Crippen LogP) is 4.24. The third-order valence-corrected chi connectivity index (χ3v) is 7.20. The summed E-state index contributed by atoms with van der Waals surface area (Å²) in [5.74, 6) is -1.57. The summed E-state index contributed by atoms with van der Waals surface area (Å²) in [6.07, 6.45) is 7.11. The molecule has 0 amide bonds. The molecule has 0 spiro atoms. The lowest BCUT2D eigenvalue weighted by molar-refractivity contribution is -0.126. The van der Waals surface area contributed by atoms with Crippen molar-refractivity contribution in [2.24, 2.45) is 11.3 Å². The predicted molar refractivity (Wildman–Crippen MR) is 116 cm³/mol. The van der Waals surface area contributed by atoms with Gasteiger partial charge in [-0.2, -0.15) is 0 Å². The number of hydrogen-bond acceptors (Lipinski definition) is 6. The molecule has 3 atom stereocenters. The molecule has 2 fully saturated rings. The highest BCUT2D eigenvalue weighted by Crippen LogP contribution is 2.57. The number of carbonyl (C=O) groups excluding carboxylic acids is 1. The fourth-order valence-corrected chi connectivity index (χ4v) is 5.46. The van der Waals surface area contributed by atoms with Crippen molar-refractivity contribution in [2.45, 2.75) is 44.9 Å². The lowest BCUT2D eigenvalue weighted by atomic mass is 9.60. The topological polar surface area (TPSA) is 135 Å². The van der Waals surface area contributed by atoms with Crippen LogP contribution in [0.15, 0.2) is 42.0 Å². The van der Waals surface area contributed by atoms with Gasteiger partial charge in [0.25, 0.3) is 0 Å². The number of carboxylic acid groups (broad SMARTS) is 1. The average molecular weight is 438 g/mol. The van der Waals surface area contributed by atoms with E-state index in [0.717, 1.165) is 44.2 Å². The zero-order valence-electron chi connectivity index (χ0n) is 17.7. The summed E-state index contributed by atoms with van der Waals surface area (Å²) in [5, 5.41) is 44.6. The van der Waals surface area contributed by atoms with Gasteiger partial charge >= 0.3 is 5.97 Å². The van der Waals surface area contributed by atoms with Crippen molar-refractivity contribution in [3.8, 4) is 23.0 Å². The Morgan fingerprint density at radius 1 is 1.03 bits per heavy atom. The van der Waals surface area contributed by atoms with Gasteiger partial charge < -0.3 is 25.5 Å². The first-order valence-electron chi connectivity index (χ1n) is 10.6. The molecule has 0 bridgehead atoms. The minimum Gasteiger partial charge on any atom is -0.508 e. The Kier molecular flexibility index (Phi) is 5.36. The molecule has 2 saturated carbocycles. The molecule has 0 radical (unpaired) electrons. The molecule has 0 saturated heterocycles. The number of aromatic hydroxyl groups is 4. The van der Waals surface area contributed by atoms with Crippen molar-refractivity contribution < 1.29 is 35.1 Å². The van der Waals surface area contributed by atoms with Crippen LogP contribution in [0.4, 0.5) is 0 Å². The molecule has 0 heterocycles. The number of fused-ring (bicyclic) bond motifs is 5. The van der Waals surface area contributed by atoms with Gasteiger partial charge in [-0.15, -0.1) is 0 Å². The Hall–Kier alpha value is -3.48. The van der Waals surface area contributed by atoms with Gasteiger partial charge in [-0.3, -0.25) is 4.79 Å². The second-order valence-corrected chi connectivity index (χ2v) is 8.98. The van der Waals surface area contributed by atoms with Crippen LogP contribution in [0, 0.1) is 11.3 Å². The Labute approximate surface area is 185 Å². The van der Waals surface area contributed by atoms with Crippen molar-refractivity contribution in [2.75, 3.05) is 0 Å². The van der Waals surface area contributed by atoms with E-state index >= 15 is 0 Å². The summed E-state index contributed by atoms with van der Waals surface area (Å²) in [6, 6.07) is 7.47. The molecule has 7 heteroatoms. The quantitative estimate of drug-likeness (QED) is 0.332. The molecule has 3 aliphatic carbocycles. The molecule has 32 heavy (non-hydrogen) atoms. The number of benzene rings is 2. The lowest BCUT2D eigenvalue weighted by Crippen LogP contribution is -2.37. The van der Waals surface area contributed by atoms with Crippen LogP contribution in [0.2, 0.25) is 0 Å². The fourth-order valence-electron chi connectivity index (χ4n) is 5.46. The zero-order chi connectivity index (χ0) is 23.2. The molecule has 7 nitrogen and oxygen atoms in total. The van der Waals surface area contributed by atoms with Crippen LogP contribution in [0.1, 0.15) is 60.0 Å². The Bertz CT molecular complexity index is 1110. The number of phenols is 4. The summed E-state index contributed by atoms with van der Waals surface area (Å²) in [7, 11) is 0. The molecule has 0 aromatic heterocycles. The average Bonchev–Trinajstić information content (AvgIpc) is 3.06. The van der Waals surface area contributed by atoms with Crippen LogP contribution < -0.4 is 0 Å². The summed E-state index contributed by atoms with van der Waals surface area (Å²) in [6.45, 7) is 2.18. The minimum absolute atomic E-state index is 0.100. The molecule has 2 aromatic carbocycles. The highest BCUT2D eigenvalue weighted by molar-refractivity contribution is 5.89. The Morgan fingerprint density at radius 3 is 2.38 bits per heavy atom. The number of aromatic carboxylic acids is 1. The van der Waals surface area contributed by atoms with E-state index in [1.54, 1.807) is 6.07 Å². The first kappa shape index (κ1) is 21.7. The largest absolute Gasteiger partial charge is 0.508 e. The highest BCUT2D eigenvalue weighted by Gasteiger charge is 2.52. The summed E-state index contributed by atoms with van der Waals surface area (Å²) < 4.78 is 0. The van der Waals surface area contributed by atoms with Crippen LogP contribution in [0.5, 0.6) is 23.0 Å². The molecule has 0 aliphatic heterocycles. The van der Waals surface area contributed by atoms with Crippen molar-refractivity contribution in [1.82, 2.24) is 0 Å². The number of rotatable bonds is 1. The van der Waals surface area contributed by atoms with Crippen molar-refractivity contribution in [1.29, 1.82) is 0 Å². The van der Waals surface area contributed by atoms with Gasteiger partial charge in [0.15, 0.2) is 17.2 Å². The maximum atomic E-state index is 12.2. The molecule has 5 N–H and O–H groups in total. The summed E-state index contributed by atoms with van der Waals surface area (Å²) in [5.41, 5.74) is 3.75. The molecule has 3 unspecified atom stereocenters. The van der Waals surface area contributed by atoms with Gasteiger partial charge in [-0.25, -0.2) is 4.79 Å². The highest BCUT2D eigenvalue weighted by atomic mass is 16.4. The number of Topliss-reactive ketones (excluding diaryl/α,β-unsaturated/α-hetero) is 1. The molecule has 168 valence electrons. The third kappa shape index (κ3) is 3.57. The van der Waals surface area contributed by atoms with Crippen LogP contribution in [0.3, 0.4) is 0 Å². The molecule has 3 aliphatic rings. The van der Waals surface area contributed by atoms with Crippen LogP contribution in [-0.4, -0.2) is 37.3 Å². The number of carbonyl (C=O) groups is 2. The van der Waals surface area contributed by atoms with Crippen LogP contribution in [0.25, 0.3) is 0 Å². The Balaban J connectivity index is 0.000000176. The smallest absolute Gasteiger partial charge is 0.335 e. The second-order valence-electron chi connectivity index (χ2n) is 8.98. The van der Waals surface area contributed by atoms with E-state index in [1.165, 1.54) is 16.7 Å². The van der Waals surface area contributed by atoms with E-state index in [9.17, 15) is 14.7 Å². The zero-order valence-corrected chi connectivity index (χ0v) is 17.7. The first-order valence-corrected chi connectivity index (χ1v) is 10.6. The lowest BCUT2D eigenvalue weighted by Gasteiger charge is -2.43. The fraction of sp³-hybridized carbons (Fsp3) is 0.360.